The highest BCUT2D eigenvalue weighted by molar-refractivity contribution is 5.95. The number of likely N-dealkylation sites (N-methyl/N-ethyl adjacent to an activating group) is 1. The molecule has 1 rings (SSSR count). The van der Waals surface area contributed by atoms with E-state index >= 15 is 0 Å². The molecular formula is C16H24N2O2. The van der Waals surface area contributed by atoms with Gasteiger partial charge in [0.1, 0.15) is 0 Å². The summed E-state index contributed by atoms with van der Waals surface area (Å²) in [6, 6.07) is 9.32. The SMILES string of the molecule is CCCNC(=O)CN(C)CCCC(=O)c1ccccc1. The van der Waals surface area contributed by atoms with Crippen molar-refractivity contribution in [1.82, 2.24) is 10.2 Å². The van der Waals surface area contributed by atoms with Gasteiger partial charge in [0.15, 0.2) is 5.78 Å². The fourth-order valence-corrected chi connectivity index (χ4v) is 1.92. The van der Waals surface area contributed by atoms with Crippen LogP contribution >= 0.6 is 0 Å². The van der Waals surface area contributed by atoms with Crippen molar-refractivity contribution in [3.63, 3.8) is 0 Å². The van der Waals surface area contributed by atoms with E-state index < -0.39 is 0 Å². The Kier molecular flexibility index (Phi) is 7.58. The van der Waals surface area contributed by atoms with Crippen LogP contribution < -0.4 is 5.32 Å². The van der Waals surface area contributed by atoms with Crippen LogP contribution in [0.15, 0.2) is 30.3 Å². The standard InChI is InChI=1S/C16H24N2O2/c1-3-11-17-16(20)13-18(2)12-7-10-15(19)14-8-5-4-6-9-14/h4-6,8-9H,3,7,10-13H2,1-2H3,(H,17,20). The maximum absolute atomic E-state index is 11.9. The molecule has 1 N–H and O–H groups in total. The normalized spacial score (nSPS) is 10.6. The number of carbonyl (C=O) groups is 2. The molecule has 1 aromatic rings. The van der Waals surface area contributed by atoms with E-state index in [0.717, 1.165) is 31.5 Å². The molecule has 0 radical (unpaired) electrons. The largest absolute Gasteiger partial charge is 0.355 e. The molecule has 0 aliphatic carbocycles. The maximum atomic E-state index is 11.9. The summed E-state index contributed by atoms with van der Waals surface area (Å²) < 4.78 is 0. The minimum absolute atomic E-state index is 0.0451. The monoisotopic (exact) mass is 276 g/mol. The molecule has 0 saturated carbocycles. The molecule has 0 bridgehead atoms. The Hall–Kier alpha value is -1.68. The number of ketones is 1. The number of benzene rings is 1. The molecule has 0 spiro atoms. The third-order valence-electron chi connectivity index (χ3n) is 3.03. The smallest absolute Gasteiger partial charge is 0.234 e. The fourth-order valence-electron chi connectivity index (χ4n) is 1.92. The molecule has 0 heterocycles. The van der Waals surface area contributed by atoms with Crippen LogP contribution in [0.3, 0.4) is 0 Å². The van der Waals surface area contributed by atoms with Crippen LogP contribution in [0.2, 0.25) is 0 Å². The lowest BCUT2D eigenvalue weighted by molar-refractivity contribution is -0.121. The fraction of sp³-hybridized carbons (Fsp3) is 0.500. The number of rotatable bonds is 9. The van der Waals surface area contributed by atoms with Gasteiger partial charge in [-0.2, -0.15) is 0 Å². The number of hydrogen-bond acceptors (Lipinski definition) is 3. The van der Waals surface area contributed by atoms with E-state index in [2.05, 4.69) is 5.32 Å². The predicted octanol–water partition coefficient (Wildman–Crippen LogP) is 2.11. The van der Waals surface area contributed by atoms with Crippen molar-refractivity contribution in [3.05, 3.63) is 35.9 Å². The lowest BCUT2D eigenvalue weighted by atomic mass is 10.1. The van der Waals surface area contributed by atoms with Crippen LogP contribution in [-0.4, -0.2) is 43.3 Å². The van der Waals surface area contributed by atoms with E-state index in [1.54, 1.807) is 0 Å². The summed E-state index contributed by atoms with van der Waals surface area (Å²) in [5.41, 5.74) is 0.760. The number of Topliss-reactive ketones (excluding diaryl/α,β-unsaturated/α-hetero) is 1. The van der Waals surface area contributed by atoms with Gasteiger partial charge in [-0.25, -0.2) is 0 Å². The average molecular weight is 276 g/mol. The molecule has 0 fully saturated rings. The van der Waals surface area contributed by atoms with E-state index in [-0.39, 0.29) is 11.7 Å². The summed E-state index contributed by atoms with van der Waals surface area (Å²) in [6.07, 6.45) is 2.23. The van der Waals surface area contributed by atoms with E-state index in [4.69, 9.17) is 0 Å². The molecule has 0 aliphatic rings. The number of amides is 1. The number of hydrogen-bond donors (Lipinski definition) is 1. The van der Waals surface area contributed by atoms with Gasteiger partial charge in [0.25, 0.3) is 0 Å². The second-order valence-corrected chi connectivity index (χ2v) is 4.98. The van der Waals surface area contributed by atoms with Crippen molar-refractivity contribution in [2.24, 2.45) is 0 Å². The molecule has 110 valence electrons. The van der Waals surface area contributed by atoms with E-state index in [0.29, 0.717) is 13.0 Å². The third kappa shape index (κ3) is 6.48. The van der Waals surface area contributed by atoms with Gasteiger partial charge in [-0.1, -0.05) is 37.3 Å². The number of nitrogens with zero attached hydrogens (tertiary/aromatic N) is 1. The van der Waals surface area contributed by atoms with Crippen LogP contribution in [0.4, 0.5) is 0 Å². The van der Waals surface area contributed by atoms with E-state index in [1.807, 2.05) is 49.2 Å². The van der Waals surface area contributed by atoms with Crippen molar-refractivity contribution in [3.8, 4) is 0 Å². The summed E-state index contributed by atoms with van der Waals surface area (Å²) in [5.74, 6) is 0.207. The molecule has 4 nitrogen and oxygen atoms in total. The zero-order valence-electron chi connectivity index (χ0n) is 12.4. The lowest BCUT2D eigenvalue weighted by Crippen LogP contribution is -2.36. The first kappa shape index (κ1) is 16.4. The van der Waals surface area contributed by atoms with Gasteiger partial charge in [-0.15, -0.1) is 0 Å². The molecule has 0 aromatic heterocycles. The Morgan fingerprint density at radius 3 is 2.55 bits per heavy atom. The molecule has 0 unspecified atom stereocenters. The molecule has 20 heavy (non-hydrogen) atoms. The zero-order chi connectivity index (χ0) is 14.8. The lowest BCUT2D eigenvalue weighted by Gasteiger charge is -2.15. The molecule has 4 heteroatoms. The zero-order valence-corrected chi connectivity index (χ0v) is 12.4. The van der Waals surface area contributed by atoms with E-state index in [1.165, 1.54) is 0 Å². The van der Waals surface area contributed by atoms with Crippen LogP contribution in [-0.2, 0) is 4.79 Å². The van der Waals surface area contributed by atoms with Gasteiger partial charge < -0.3 is 5.32 Å². The Bertz CT molecular complexity index is 418. The topological polar surface area (TPSA) is 49.4 Å². The van der Waals surface area contributed by atoms with Crippen molar-refractivity contribution in [1.29, 1.82) is 0 Å². The Balaban J connectivity index is 2.20. The summed E-state index contributed by atoms with van der Waals surface area (Å²) in [4.78, 5) is 25.4. The van der Waals surface area contributed by atoms with Gasteiger partial charge in [-0.05, 0) is 26.4 Å². The third-order valence-corrected chi connectivity index (χ3v) is 3.03. The van der Waals surface area contributed by atoms with Crippen molar-refractivity contribution < 1.29 is 9.59 Å². The number of nitrogens with one attached hydrogen (secondary N) is 1. The molecule has 0 saturated heterocycles. The summed E-state index contributed by atoms with van der Waals surface area (Å²) in [6.45, 7) is 3.88. The van der Waals surface area contributed by atoms with Gasteiger partial charge in [-0.3, -0.25) is 14.5 Å². The van der Waals surface area contributed by atoms with Gasteiger partial charge in [0, 0.05) is 18.5 Å². The van der Waals surface area contributed by atoms with Gasteiger partial charge in [0.2, 0.25) is 5.91 Å². The number of carbonyl (C=O) groups excluding carboxylic acids is 2. The van der Waals surface area contributed by atoms with Crippen LogP contribution in [0, 0.1) is 0 Å². The van der Waals surface area contributed by atoms with Gasteiger partial charge >= 0.3 is 0 Å². The summed E-state index contributed by atoms with van der Waals surface area (Å²) >= 11 is 0. The van der Waals surface area contributed by atoms with Crippen molar-refractivity contribution in [2.45, 2.75) is 26.2 Å². The Labute approximate surface area is 121 Å². The highest BCUT2D eigenvalue weighted by Crippen LogP contribution is 2.05. The average Bonchev–Trinajstić information content (AvgIpc) is 2.45. The van der Waals surface area contributed by atoms with Crippen LogP contribution in [0.25, 0.3) is 0 Å². The molecule has 1 aromatic carbocycles. The van der Waals surface area contributed by atoms with E-state index in [9.17, 15) is 9.59 Å². The van der Waals surface area contributed by atoms with Crippen LogP contribution in [0.1, 0.15) is 36.5 Å². The molecular weight excluding hydrogens is 252 g/mol. The molecule has 1 amide bonds. The predicted molar refractivity (Wildman–Crippen MR) is 80.8 cm³/mol. The minimum atomic E-state index is 0.0451. The maximum Gasteiger partial charge on any atom is 0.234 e. The second-order valence-electron chi connectivity index (χ2n) is 4.98. The molecule has 0 aliphatic heterocycles. The summed E-state index contributed by atoms with van der Waals surface area (Å²) in [7, 11) is 1.90. The first-order valence-corrected chi connectivity index (χ1v) is 7.17. The Morgan fingerprint density at radius 1 is 1.20 bits per heavy atom. The van der Waals surface area contributed by atoms with Crippen molar-refractivity contribution >= 4 is 11.7 Å². The summed E-state index contributed by atoms with van der Waals surface area (Å²) in [5, 5.41) is 2.84. The van der Waals surface area contributed by atoms with Gasteiger partial charge in [0.05, 0.1) is 6.54 Å². The molecule has 0 atom stereocenters. The van der Waals surface area contributed by atoms with Crippen molar-refractivity contribution in [2.75, 3.05) is 26.7 Å². The highest BCUT2D eigenvalue weighted by atomic mass is 16.2. The highest BCUT2D eigenvalue weighted by Gasteiger charge is 2.08. The first-order chi connectivity index (χ1) is 9.63. The second kappa shape index (κ2) is 9.26. The van der Waals surface area contributed by atoms with Crippen LogP contribution in [0.5, 0.6) is 0 Å². The minimum Gasteiger partial charge on any atom is -0.355 e. The Morgan fingerprint density at radius 2 is 1.90 bits per heavy atom. The quantitative estimate of drug-likeness (QED) is 0.703. The first-order valence-electron chi connectivity index (χ1n) is 7.17.